The molecule has 0 radical (unpaired) electrons. The van der Waals surface area contributed by atoms with Crippen molar-refractivity contribution in [3.63, 3.8) is 0 Å². The van der Waals surface area contributed by atoms with Crippen molar-refractivity contribution in [2.75, 3.05) is 17.2 Å². The Balaban J connectivity index is 1.85. The Morgan fingerprint density at radius 2 is 1.89 bits per heavy atom. The van der Waals surface area contributed by atoms with Crippen LogP contribution in [0.5, 0.6) is 0 Å². The lowest BCUT2D eigenvalue weighted by Gasteiger charge is -2.14. The third-order valence-electron chi connectivity index (χ3n) is 4.04. The van der Waals surface area contributed by atoms with E-state index in [0.717, 1.165) is 16.8 Å². The fourth-order valence-electron chi connectivity index (χ4n) is 2.60. The van der Waals surface area contributed by atoms with E-state index in [2.05, 4.69) is 20.6 Å². The first-order valence-electron chi connectivity index (χ1n) is 8.84. The lowest BCUT2D eigenvalue weighted by molar-refractivity contribution is -0.384. The average molecular weight is 379 g/mol. The van der Waals surface area contributed by atoms with E-state index >= 15 is 0 Å². The first-order valence-corrected chi connectivity index (χ1v) is 8.84. The number of nitrogens with one attached hydrogen (secondary N) is 2. The summed E-state index contributed by atoms with van der Waals surface area (Å²) in [5, 5.41) is 26.5. The Morgan fingerprint density at radius 1 is 1.11 bits per heavy atom. The Morgan fingerprint density at radius 3 is 2.61 bits per heavy atom. The molecule has 1 atom stereocenters. The van der Waals surface area contributed by atoms with Gasteiger partial charge in [0.2, 0.25) is 5.95 Å². The van der Waals surface area contributed by atoms with Crippen molar-refractivity contribution in [1.29, 1.82) is 0 Å². The summed E-state index contributed by atoms with van der Waals surface area (Å²) in [6.07, 6.45) is 0. The van der Waals surface area contributed by atoms with E-state index in [1.165, 1.54) is 12.1 Å². The maximum atomic E-state index is 10.9. The normalized spacial score (nSPS) is 11.6. The summed E-state index contributed by atoms with van der Waals surface area (Å²) >= 11 is 0. The lowest BCUT2D eigenvalue weighted by atomic mass is 10.1. The number of aliphatic hydroxyl groups excluding tert-OH is 1. The van der Waals surface area contributed by atoms with Crippen LogP contribution in [-0.4, -0.2) is 32.6 Å². The number of aromatic nitrogens is 2. The molecule has 3 rings (SSSR count). The molecule has 0 unspecified atom stereocenters. The molecule has 2 aromatic carbocycles. The number of aliphatic hydroxyl groups is 1. The van der Waals surface area contributed by atoms with Crippen molar-refractivity contribution in [1.82, 2.24) is 9.97 Å². The lowest BCUT2D eigenvalue weighted by Crippen LogP contribution is -2.21. The van der Waals surface area contributed by atoms with Gasteiger partial charge >= 0.3 is 0 Å². The van der Waals surface area contributed by atoms with Crippen LogP contribution in [0.3, 0.4) is 0 Å². The van der Waals surface area contributed by atoms with Gasteiger partial charge in [0.1, 0.15) is 5.82 Å². The van der Waals surface area contributed by atoms with E-state index < -0.39 is 4.92 Å². The third kappa shape index (κ3) is 5.01. The van der Waals surface area contributed by atoms with Gasteiger partial charge in [-0.3, -0.25) is 10.1 Å². The van der Waals surface area contributed by atoms with E-state index in [9.17, 15) is 15.2 Å². The molecule has 8 nitrogen and oxygen atoms in total. The number of nitro benzene ring substituents is 1. The summed E-state index contributed by atoms with van der Waals surface area (Å²) in [5.74, 6) is 0.970. The number of nitro groups is 1. The van der Waals surface area contributed by atoms with Crippen LogP contribution in [0.2, 0.25) is 0 Å². The van der Waals surface area contributed by atoms with Crippen LogP contribution in [0, 0.1) is 10.1 Å². The number of nitrogens with zero attached hydrogens (tertiary/aromatic N) is 3. The SMILES string of the molecule is C[C@@H](CO)Nc1nc(NCc2cccc([N+](=O)[O-])c2)cc(-c2ccccc2)n1. The minimum Gasteiger partial charge on any atom is -0.394 e. The summed E-state index contributed by atoms with van der Waals surface area (Å²) in [4.78, 5) is 19.5. The molecular formula is C20H21N5O3. The van der Waals surface area contributed by atoms with Gasteiger partial charge in [-0.05, 0) is 12.5 Å². The van der Waals surface area contributed by atoms with Crippen molar-refractivity contribution < 1.29 is 10.0 Å². The molecule has 0 aliphatic carbocycles. The number of anilines is 2. The molecule has 8 heteroatoms. The fraction of sp³-hybridized carbons (Fsp3) is 0.200. The second-order valence-corrected chi connectivity index (χ2v) is 6.34. The number of hydrogen-bond donors (Lipinski definition) is 3. The quantitative estimate of drug-likeness (QED) is 0.406. The monoisotopic (exact) mass is 379 g/mol. The third-order valence-corrected chi connectivity index (χ3v) is 4.04. The number of benzene rings is 2. The predicted octanol–water partition coefficient (Wildman–Crippen LogP) is 3.46. The zero-order valence-corrected chi connectivity index (χ0v) is 15.4. The van der Waals surface area contributed by atoms with Crippen LogP contribution >= 0.6 is 0 Å². The average Bonchev–Trinajstić information content (AvgIpc) is 2.73. The molecule has 1 aromatic heterocycles. The van der Waals surface area contributed by atoms with Gasteiger partial charge in [0.15, 0.2) is 0 Å². The molecular weight excluding hydrogens is 358 g/mol. The Labute approximate surface area is 162 Å². The first-order chi connectivity index (χ1) is 13.5. The van der Waals surface area contributed by atoms with Crippen LogP contribution in [0.15, 0.2) is 60.7 Å². The van der Waals surface area contributed by atoms with Crippen LogP contribution in [0.25, 0.3) is 11.3 Å². The van der Waals surface area contributed by atoms with Gasteiger partial charge in [0.25, 0.3) is 5.69 Å². The van der Waals surface area contributed by atoms with Crippen molar-refractivity contribution in [3.05, 3.63) is 76.3 Å². The molecule has 0 aliphatic rings. The van der Waals surface area contributed by atoms with Crippen molar-refractivity contribution in [3.8, 4) is 11.3 Å². The van der Waals surface area contributed by atoms with Gasteiger partial charge in [-0.1, -0.05) is 42.5 Å². The van der Waals surface area contributed by atoms with E-state index in [0.29, 0.717) is 18.3 Å². The fourth-order valence-corrected chi connectivity index (χ4v) is 2.60. The van der Waals surface area contributed by atoms with Gasteiger partial charge in [-0.15, -0.1) is 0 Å². The van der Waals surface area contributed by atoms with E-state index in [1.54, 1.807) is 6.07 Å². The van der Waals surface area contributed by atoms with Crippen LogP contribution in [0.4, 0.5) is 17.5 Å². The number of hydrogen-bond acceptors (Lipinski definition) is 7. The molecule has 0 amide bonds. The summed E-state index contributed by atoms with van der Waals surface area (Å²) < 4.78 is 0. The largest absolute Gasteiger partial charge is 0.394 e. The summed E-state index contributed by atoms with van der Waals surface area (Å²) in [6.45, 7) is 2.16. The Kier molecular flexibility index (Phi) is 6.13. The highest BCUT2D eigenvalue weighted by Crippen LogP contribution is 2.22. The molecule has 28 heavy (non-hydrogen) atoms. The van der Waals surface area contributed by atoms with Gasteiger partial charge in [-0.25, -0.2) is 4.98 Å². The molecule has 0 aliphatic heterocycles. The van der Waals surface area contributed by atoms with E-state index in [1.807, 2.05) is 49.4 Å². The molecule has 0 saturated heterocycles. The molecule has 144 valence electrons. The van der Waals surface area contributed by atoms with Crippen molar-refractivity contribution >= 4 is 17.5 Å². The maximum Gasteiger partial charge on any atom is 0.269 e. The number of rotatable bonds is 8. The summed E-state index contributed by atoms with van der Waals surface area (Å²) in [5.41, 5.74) is 2.48. The topological polar surface area (TPSA) is 113 Å². The zero-order valence-electron chi connectivity index (χ0n) is 15.4. The highest BCUT2D eigenvalue weighted by Gasteiger charge is 2.10. The second kappa shape index (κ2) is 8.92. The van der Waals surface area contributed by atoms with Crippen LogP contribution < -0.4 is 10.6 Å². The van der Waals surface area contributed by atoms with Gasteiger partial charge in [0.05, 0.1) is 17.2 Å². The summed E-state index contributed by atoms with van der Waals surface area (Å²) in [7, 11) is 0. The maximum absolute atomic E-state index is 10.9. The van der Waals surface area contributed by atoms with E-state index in [4.69, 9.17) is 0 Å². The van der Waals surface area contributed by atoms with Crippen molar-refractivity contribution in [2.24, 2.45) is 0 Å². The molecule has 0 saturated carbocycles. The standard InChI is InChI=1S/C20H21N5O3/c1-14(13-26)22-20-23-18(16-7-3-2-4-8-16)11-19(24-20)21-12-15-6-5-9-17(10-15)25(27)28/h2-11,14,26H,12-13H2,1H3,(H2,21,22,23,24)/t14-/m0/s1. The molecule has 0 fully saturated rings. The minimum absolute atomic E-state index is 0.0463. The molecule has 0 bridgehead atoms. The van der Waals surface area contributed by atoms with Gasteiger partial charge in [0, 0.05) is 36.3 Å². The molecule has 1 heterocycles. The Hall–Kier alpha value is -3.52. The molecule has 0 spiro atoms. The van der Waals surface area contributed by atoms with Crippen LogP contribution in [0.1, 0.15) is 12.5 Å². The highest BCUT2D eigenvalue weighted by atomic mass is 16.6. The first kappa shape index (κ1) is 19.2. The molecule has 3 N–H and O–H groups in total. The van der Waals surface area contributed by atoms with Gasteiger partial charge in [-0.2, -0.15) is 4.98 Å². The highest BCUT2D eigenvalue weighted by molar-refractivity contribution is 5.64. The Bertz CT molecular complexity index is 950. The second-order valence-electron chi connectivity index (χ2n) is 6.34. The van der Waals surface area contributed by atoms with E-state index in [-0.39, 0.29) is 18.3 Å². The zero-order chi connectivity index (χ0) is 19.9. The van der Waals surface area contributed by atoms with Gasteiger partial charge < -0.3 is 15.7 Å². The summed E-state index contributed by atoms with van der Waals surface area (Å²) in [6, 6.07) is 17.8. The predicted molar refractivity (Wildman–Crippen MR) is 108 cm³/mol. The van der Waals surface area contributed by atoms with Crippen molar-refractivity contribution in [2.45, 2.75) is 19.5 Å². The molecule has 3 aromatic rings. The van der Waals surface area contributed by atoms with Crippen LogP contribution in [-0.2, 0) is 6.54 Å². The number of non-ortho nitro benzene ring substituents is 1. The minimum atomic E-state index is -0.417. The smallest absolute Gasteiger partial charge is 0.269 e.